The summed E-state index contributed by atoms with van der Waals surface area (Å²) >= 11 is 3.59. The molecular weight excluding hydrogens is 318 g/mol. The van der Waals surface area contributed by atoms with E-state index in [1.807, 2.05) is 18.2 Å². The predicted octanol–water partition coefficient (Wildman–Crippen LogP) is 4.03. The summed E-state index contributed by atoms with van der Waals surface area (Å²) in [6, 6.07) is 14.5. The number of ether oxygens (including phenoxy) is 2. The lowest BCUT2D eigenvalue weighted by atomic mass is 10.1. The molecule has 0 aliphatic carbocycles. The molecule has 0 saturated carbocycles. The first-order valence-electron chi connectivity index (χ1n) is 6.61. The molecule has 0 unspecified atom stereocenters. The van der Waals surface area contributed by atoms with Crippen LogP contribution in [0, 0.1) is 0 Å². The first kappa shape index (κ1) is 13.5. The summed E-state index contributed by atoms with van der Waals surface area (Å²) in [5.74, 6) is 1.69. The minimum absolute atomic E-state index is 0.253. The van der Waals surface area contributed by atoms with Gasteiger partial charge in [-0.2, -0.15) is 0 Å². The fraction of sp³-hybridized carbons (Fsp3) is 0.250. The van der Waals surface area contributed by atoms with E-state index in [9.17, 15) is 0 Å². The molecule has 0 aromatic heterocycles. The van der Waals surface area contributed by atoms with Crippen LogP contribution in [0.4, 0.5) is 0 Å². The number of para-hydroxylation sites is 1. The SMILES string of the molecule is C[C@H](NCc1cccc2c1OCO2)c1ccccc1Br. The molecule has 1 N–H and O–H groups in total. The zero-order valence-corrected chi connectivity index (χ0v) is 12.8. The molecule has 1 aliphatic rings. The van der Waals surface area contributed by atoms with Crippen LogP contribution in [0.1, 0.15) is 24.1 Å². The van der Waals surface area contributed by atoms with E-state index < -0.39 is 0 Å². The van der Waals surface area contributed by atoms with Gasteiger partial charge in [0.1, 0.15) is 0 Å². The van der Waals surface area contributed by atoms with E-state index in [0.29, 0.717) is 6.79 Å². The highest BCUT2D eigenvalue weighted by Crippen LogP contribution is 2.35. The normalized spacial score (nSPS) is 14.3. The maximum absolute atomic E-state index is 5.52. The van der Waals surface area contributed by atoms with Gasteiger partial charge in [-0.05, 0) is 24.6 Å². The Morgan fingerprint density at radius 3 is 2.85 bits per heavy atom. The second-order valence-corrected chi connectivity index (χ2v) is 5.63. The second-order valence-electron chi connectivity index (χ2n) is 4.78. The molecule has 2 aromatic carbocycles. The van der Waals surface area contributed by atoms with Gasteiger partial charge in [-0.3, -0.25) is 0 Å². The summed E-state index contributed by atoms with van der Waals surface area (Å²) in [6.07, 6.45) is 0. The second kappa shape index (κ2) is 5.85. The molecule has 3 rings (SSSR count). The minimum Gasteiger partial charge on any atom is -0.454 e. The van der Waals surface area contributed by atoms with Gasteiger partial charge in [0.15, 0.2) is 11.5 Å². The van der Waals surface area contributed by atoms with E-state index in [2.05, 4.69) is 52.4 Å². The van der Waals surface area contributed by atoms with Crippen LogP contribution in [0.2, 0.25) is 0 Å². The van der Waals surface area contributed by atoms with E-state index in [0.717, 1.165) is 28.1 Å². The lowest BCUT2D eigenvalue weighted by molar-refractivity contribution is 0.173. The molecule has 0 saturated heterocycles. The summed E-state index contributed by atoms with van der Waals surface area (Å²) < 4.78 is 12.0. The van der Waals surface area contributed by atoms with Crippen molar-refractivity contribution in [1.82, 2.24) is 5.32 Å². The lowest BCUT2D eigenvalue weighted by Gasteiger charge is -2.16. The molecule has 2 aromatic rings. The Morgan fingerprint density at radius 1 is 1.15 bits per heavy atom. The van der Waals surface area contributed by atoms with Crippen LogP contribution < -0.4 is 14.8 Å². The number of benzene rings is 2. The van der Waals surface area contributed by atoms with Crippen LogP contribution in [0.5, 0.6) is 11.5 Å². The number of hydrogen-bond acceptors (Lipinski definition) is 3. The summed E-state index contributed by atoms with van der Waals surface area (Å²) in [6.45, 7) is 3.21. The minimum atomic E-state index is 0.253. The van der Waals surface area contributed by atoms with Crippen LogP contribution in [0.25, 0.3) is 0 Å². The molecule has 0 amide bonds. The third-order valence-corrected chi connectivity index (χ3v) is 4.17. The molecule has 1 atom stereocenters. The summed E-state index contributed by atoms with van der Waals surface area (Å²) in [4.78, 5) is 0. The Hall–Kier alpha value is -1.52. The summed E-state index contributed by atoms with van der Waals surface area (Å²) in [5, 5.41) is 3.52. The van der Waals surface area contributed by atoms with Crippen LogP contribution in [-0.2, 0) is 6.54 Å². The van der Waals surface area contributed by atoms with Gasteiger partial charge in [0.05, 0.1) is 0 Å². The molecule has 1 aliphatic heterocycles. The van der Waals surface area contributed by atoms with E-state index in [4.69, 9.17) is 9.47 Å². The molecular formula is C16H16BrNO2. The number of halogens is 1. The van der Waals surface area contributed by atoms with Gasteiger partial charge < -0.3 is 14.8 Å². The molecule has 4 heteroatoms. The van der Waals surface area contributed by atoms with E-state index in [1.165, 1.54) is 5.56 Å². The van der Waals surface area contributed by atoms with Gasteiger partial charge in [-0.15, -0.1) is 0 Å². The van der Waals surface area contributed by atoms with Crippen molar-refractivity contribution < 1.29 is 9.47 Å². The predicted molar refractivity (Wildman–Crippen MR) is 82.0 cm³/mol. The molecule has 0 bridgehead atoms. The topological polar surface area (TPSA) is 30.5 Å². The smallest absolute Gasteiger partial charge is 0.231 e. The van der Waals surface area contributed by atoms with Crippen molar-refractivity contribution in [1.29, 1.82) is 0 Å². The van der Waals surface area contributed by atoms with Crippen molar-refractivity contribution in [2.45, 2.75) is 19.5 Å². The number of rotatable bonds is 4. The molecule has 1 heterocycles. The largest absolute Gasteiger partial charge is 0.454 e. The first-order valence-corrected chi connectivity index (χ1v) is 7.40. The van der Waals surface area contributed by atoms with E-state index in [-0.39, 0.29) is 6.04 Å². The van der Waals surface area contributed by atoms with Crippen molar-refractivity contribution in [3.63, 3.8) is 0 Å². The summed E-state index contributed by atoms with van der Waals surface area (Å²) in [5.41, 5.74) is 2.37. The standard InChI is InChI=1S/C16H16BrNO2/c1-11(13-6-2-3-7-14(13)17)18-9-12-5-4-8-15-16(12)20-10-19-15/h2-8,11,18H,9-10H2,1H3/t11-/m0/s1. The fourth-order valence-corrected chi connectivity index (χ4v) is 2.96. The van der Waals surface area contributed by atoms with Gasteiger partial charge in [0, 0.05) is 22.6 Å². The van der Waals surface area contributed by atoms with E-state index >= 15 is 0 Å². The van der Waals surface area contributed by atoms with E-state index in [1.54, 1.807) is 0 Å². The third-order valence-electron chi connectivity index (χ3n) is 3.45. The van der Waals surface area contributed by atoms with Gasteiger partial charge in [0.2, 0.25) is 6.79 Å². The number of nitrogens with one attached hydrogen (secondary N) is 1. The molecule has 0 radical (unpaired) electrons. The van der Waals surface area contributed by atoms with Crippen molar-refractivity contribution in [2.75, 3.05) is 6.79 Å². The highest BCUT2D eigenvalue weighted by atomic mass is 79.9. The maximum atomic E-state index is 5.52. The molecule has 104 valence electrons. The Balaban J connectivity index is 1.71. The molecule has 3 nitrogen and oxygen atoms in total. The van der Waals surface area contributed by atoms with Crippen LogP contribution in [-0.4, -0.2) is 6.79 Å². The molecule has 0 fully saturated rings. The van der Waals surface area contributed by atoms with Crippen LogP contribution in [0.15, 0.2) is 46.9 Å². The zero-order valence-electron chi connectivity index (χ0n) is 11.2. The Labute approximate surface area is 127 Å². The zero-order chi connectivity index (χ0) is 13.9. The Bertz CT molecular complexity index is 615. The summed E-state index contributed by atoms with van der Waals surface area (Å²) in [7, 11) is 0. The highest BCUT2D eigenvalue weighted by molar-refractivity contribution is 9.10. The van der Waals surface area contributed by atoms with Crippen LogP contribution >= 0.6 is 15.9 Å². The molecule has 20 heavy (non-hydrogen) atoms. The number of fused-ring (bicyclic) bond motifs is 1. The van der Waals surface area contributed by atoms with Crippen molar-refractivity contribution >= 4 is 15.9 Å². The Morgan fingerprint density at radius 2 is 2.00 bits per heavy atom. The van der Waals surface area contributed by atoms with Gasteiger partial charge >= 0.3 is 0 Å². The highest BCUT2D eigenvalue weighted by Gasteiger charge is 2.17. The average Bonchev–Trinajstić information content (AvgIpc) is 2.94. The Kier molecular flexibility index (Phi) is 3.94. The first-order chi connectivity index (χ1) is 9.75. The van der Waals surface area contributed by atoms with Crippen molar-refractivity contribution in [2.24, 2.45) is 0 Å². The van der Waals surface area contributed by atoms with Crippen molar-refractivity contribution in [3.05, 3.63) is 58.1 Å². The third kappa shape index (κ3) is 2.67. The number of hydrogen-bond donors (Lipinski definition) is 1. The van der Waals surface area contributed by atoms with Gasteiger partial charge in [0.25, 0.3) is 0 Å². The molecule has 0 spiro atoms. The van der Waals surface area contributed by atoms with Gasteiger partial charge in [-0.1, -0.05) is 46.3 Å². The average molecular weight is 334 g/mol. The van der Waals surface area contributed by atoms with Crippen LogP contribution in [0.3, 0.4) is 0 Å². The maximum Gasteiger partial charge on any atom is 0.231 e. The van der Waals surface area contributed by atoms with Gasteiger partial charge in [-0.25, -0.2) is 0 Å². The quantitative estimate of drug-likeness (QED) is 0.916. The van der Waals surface area contributed by atoms with Crippen molar-refractivity contribution in [3.8, 4) is 11.5 Å². The lowest BCUT2D eigenvalue weighted by Crippen LogP contribution is -2.18. The monoisotopic (exact) mass is 333 g/mol. The fourth-order valence-electron chi connectivity index (χ4n) is 2.33.